The maximum atomic E-state index is 12.3. The third-order valence-electron chi connectivity index (χ3n) is 4.48. The Kier molecular flexibility index (Phi) is 7.91. The smallest absolute Gasteiger partial charge is 0.225 e. The molecular weight excluding hydrogens is 276 g/mol. The van der Waals surface area contributed by atoms with Crippen molar-refractivity contribution in [2.75, 3.05) is 13.1 Å². The molecule has 1 fully saturated rings. The molecule has 4 heteroatoms. The Labute approximate surface area is 136 Å². The zero-order valence-corrected chi connectivity index (χ0v) is 15.0. The lowest BCUT2D eigenvalue weighted by Gasteiger charge is -2.33. The Hall–Kier alpha value is -1.06. The van der Waals surface area contributed by atoms with Crippen molar-refractivity contribution in [3.05, 3.63) is 0 Å². The molecule has 1 heterocycles. The summed E-state index contributed by atoms with van der Waals surface area (Å²) in [6.07, 6.45) is 5.02. The number of amides is 2. The Morgan fingerprint density at radius 3 is 2.14 bits per heavy atom. The molecule has 1 N–H and O–H groups in total. The maximum Gasteiger partial charge on any atom is 0.225 e. The van der Waals surface area contributed by atoms with E-state index in [2.05, 4.69) is 26.1 Å². The van der Waals surface area contributed by atoms with Crippen LogP contribution in [0, 0.1) is 17.8 Å². The van der Waals surface area contributed by atoms with Gasteiger partial charge >= 0.3 is 0 Å². The van der Waals surface area contributed by atoms with E-state index in [0.717, 1.165) is 38.3 Å². The Bertz CT molecular complexity index is 358. The predicted molar refractivity (Wildman–Crippen MR) is 90.4 cm³/mol. The summed E-state index contributed by atoms with van der Waals surface area (Å²) in [5.41, 5.74) is 0. The minimum Gasteiger partial charge on any atom is -0.353 e. The minimum absolute atomic E-state index is 0.0476. The fourth-order valence-corrected chi connectivity index (χ4v) is 2.99. The molecule has 0 aromatic carbocycles. The molecule has 0 spiro atoms. The molecular formula is C18H34N2O2. The van der Waals surface area contributed by atoms with Gasteiger partial charge in [-0.2, -0.15) is 0 Å². The van der Waals surface area contributed by atoms with E-state index in [4.69, 9.17) is 0 Å². The van der Waals surface area contributed by atoms with Gasteiger partial charge in [0.1, 0.15) is 0 Å². The SMILES string of the molecule is CC(C)CCCC(C)NC(=O)C1CCN(C(=O)C(C)C)CC1. The largest absolute Gasteiger partial charge is 0.353 e. The van der Waals surface area contributed by atoms with Crippen LogP contribution in [0.3, 0.4) is 0 Å². The molecule has 0 bridgehead atoms. The molecule has 0 aromatic heterocycles. The molecule has 4 nitrogen and oxygen atoms in total. The van der Waals surface area contributed by atoms with E-state index in [-0.39, 0.29) is 29.7 Å². The number of nitrogens with one attached hydrogen (secondary N) is 1. The second-order valence-electron chi connectivity index (χ2n) is 7.49. The first-order valence-corrected chi connectivity index (χ1v) is 8.90. The Balaban J connectivity index is 2.29. The first-order chi connectivity index (χ1) is 10.3. The van der Waals surface area contributed by atoms with Crippen molar-refractivity contribution in [1.29, 1.82) is 0 Å². The van der Waals surface area contributed by atoms with Gasteiger partial charge in [-0.25, -0.2) is 0 Å². The molecule has 1 aliphatic heterocycles. The second-order valence-corrected chi connectivity index (χ2v) is 7.49. The average Bonchev–Trinajstić information content (AvgIpc) is 2.46. The quantitative estimate of drug-likeness (QED) is 0.785. The molecule has 1 aliphatic rings. The van der Waals surface area contributed by atoms with Crippen molar-refractivity contribution < 1.29 is 9.59 Å². The summed E-state index contributed by atoms with van der Waals surface area (Å²) < 4.78 is 0. The van der Waals surface area contributed by atoms with Gasteiger partial charge in [-0.3, -0.25) is 9.59 Å². The van der Waals surface area contributed by atoms with Crippen LogP contribution in [0.1, 0.15) is 66.7 Å². The standard InChI is InChI=1S/C18H34N2O2/c1-13(2)7-6-8-15(5)19-17(21)16-9-11-20(12-10-16)18(22)14(3)4/h13-16H,6-12H2,1-5H3,(H,19,21). The number of rotatable bonds is 7. The van der Waals surface area contributed by atoms with Crippen LogP contribution in [0.25, 0.3) is 0 Å². The molecule has 0 saturated carbocycles. The number of likely N-dealkylation sites (tertiary alicyclic amines) is 1. The van der Waals surface area contributed by atoms with Crippen molar-refractivity contribution in [3.63, 3.8) is 0 Å². The first-order valence-electron chi connectivity index (χ1n) is 8.90. The molecule has 1 unspecified atom stereocenters. The molecule has 22 heavy (non-hydrogen) atoms. The highest BCUT2D eigenvalue weighted by atomic mass is 16.2. The van der Waals surface area contributed by atoms with Crippen molar-refractivity contribution in [1.82, 2.24) is 10.2 Å². The Morgan fingerprint density at radius 1 is 1.05 bits per heavy atom. The van der Waals surface area contributed by atoms with E-state index >= 15 is 0 Å². The van der Waals surface area contributed by atoms with Gasteiger partial charge in [0.2, 0.25) is 11.8 Å². The Morgan fingerprint density at radius 2 is 1.64 bits per heavy atom. The van der Waals surface area contributed by atoms with Crippen LogP contribution in [0.4, 0.5) is 0 Å². The van der Waals surface area contributed by atoms with Gasteiger partial charge in [0.25, 0.3) is 0 Å². The summed E-state index contributed by atoms with van der Waals surface area (Å²) in [4.78, 5) is 26.2. The number of nitrogens with zero attached hydrogens (tertiary/aromatic N) is 1. The summed E-state index contributed by atoms with van der Waals surface area (Å²) >= 11 is 0. The number of hydrogen-bond acceptors (Lipinski definition) is 2. The van der Waals surface area contributed by atoms with Crippen LogP contribution in [0.5, 0.6) is 0 Å². The van der Waals surface area contributed by atoms with Crippen molar-refractivity contribution in [2.45, 2.75) is 72.8 Å². The third kappa shape index (κ3) is 6.37. The second kappa shape index (κ2) is 9.16. The lowest BCUT2D eigenvalue weighted by molar-refractivity contribution is -0.138. The van der Waals surface area contributed by atoms with Crippen LogP contribution in [0.15, 0.2) is 0 Å². The van der Waals surface area contributed by atoms with Gasteiger partial charge in [0.05, 0.1) is 0 Å². The number of piperidine rings is 1. The van der Waals surface area contributed by atoms with Crippen molar-refractivity contribution >= 4 is 11.8 Å². The first kappa shape index (κ1) is 19.0. The fraction of sp³-hybridized carbons (Fsp3) is 0.889. The van der Waals surface area contributed by atoms with Crippen LogP contribution in [0.2, 0.25) is 0 Å². The molecule has 1 rings (SSSR count). The van der Waals surface area contributed by atoms with Gasteiger partial charge in [-0.15, -0.1) is 0 Å². The van der Waals surface area contributed by atoms with E-state index in [1.54, 1.807) is 0 Å². The zero-order chi connectivity index (χ0) is 16.7. The number of carbonyl (C=O) groups excluding carboxylic acids is 2. The molecule has 1 atom stereocenters. The third-order valence-corrected chi connectivity index (χ3v) is 4.48. The lowest BCUT2D eigenvalue weighted by atomic mass is 9.94. The summed E-state index contributed by atoms with van der Waals surface area (Å²) in [5.74, 6) is 1.23. The summed E-state index contributed by atoms with van der Waals surface area (Å²) in [6, 6.07) is 0.251. The van der Waals surface area contributed by atoms with Gasteiger partial charge < -0.3 is 10.2 Å². The average molecular weight is 310 g/mol. The van der Waals surface area contributed by atoms with E-state index in [1.165, 1.54) is 12.8 Å². The van der Waals surface area contributed by atoms with Crippen LogP contribution >= 0.6 is 0 Å². The highest BCUT2D eigenvalue weighted by molar-refractivity contribution is 5.80. The van der Waals surface area contributed by atoms with Crippen LogP contribution in [-0.2, 0) is 9.59 Å². The molecule has 0 aliphatic carbocycles. The molecule has 0 aromatic rings. The molecule has 1 saturated heterocycles. The minimum atomic E-state index is 0.0476. The van der Waals surface area contributed by atoms with Gasteiger partial charge in [-0.1, -0.05) is 40.5 Å². The van der Waals surface area contributed by atoms with E-state index in [1.807, 2.05) is 18.7 Å². The molecule has 128 valence electrons. The topological polar surface area (TPSA) is 49.4 Å². The van der Waals surface area contributed by atoms with E-state index in [0.29, 0.717) is 0 Å². The van der Waals surface area contributed by atoms with Crippen molar-refractivity contribution in [3.8, 4) is 0 Å². The summed E-state index contributed by atoms with van der Waals surface area (Å²) in [7, 11) is 0. The highest BCUT2D eigenvalue weighted by Gasteiger charge is 2.28. The molecule has 0 radical (unpaired) electrons. The van der Waals surface area contributed by atoms with Gasteiger partial charge in [0, 0.05) is 31.0 Å². The highest BCUT2D eigenvalue weighted by Crippen LogP contribution is 2.19. The lowest BCUT2D eigenvalue weighted by Crippen LogP contribution is -2.45. The number of carbonyl (C=O) groups is 2. The van der Waals surface area contributed by atoms with Gasteiger partial charge in [-0.05, 0) is 32.1 Å². The monoisotopic (exact) mass is 310 g/mol. The van der Waals surface area contributed by atoms with Crippen LogP contribution < -0.4 is 5.32 Å². The van der Waals surface area contributed by atoms with E-state index in [9.17, 15) is 9.59 Å². The predicted octanol–water partition coefficient (Wildman–Crippen LogP) is 3.21. The zero-order valence-electron chi connectivity index (χ0n) is 15.0. The van der Waals surface area contributed by atoms with Crippen LogP contribution in [-0.4, -0.2) is 35.8 Å². The number of hydrogen-bond donors (Lipinski definition) is 1. The fourth-order valence-electron chi connectivity index (χ4n) is 2.99. The summed E-state index contributed by atoms with van der Waals surface area (Å²) in [6.45, 7) is 11.9. The van der Waals surface area contributed by atoms with Gasteiger partial charge in [0.15, 0.2) is 0 Å². The maximum absolute atomic E-state index is 12.3. The normalized spacial score (nSPS) is 17.9. The summed E-state index contributed by atoms with van der Waals surface area (Å²) in [5, 5.41) is 3.15. The van der Waals surface area contributed by atoms with Crippen molar-refractivity contribution in [2.24, 2.45) is 17.8 Å². The molecule has 2 amide bonds. The van der Waals surface area contributed by atoms with E-state index < -0.39 is 0 Å².